The maximum absolute atomic E-state index is 12.1. The molecule has 0 fully saturated rings. The van der Waals surface area contributed by atoms with Gasteiger partial charge < -0.3 is 0 Å². The summed E-state index contributed by atoms with van der Waals surface area (Å²) in [6.45, 7) is 0. The summed E-state index contributed by atoms with van der Waals surface area (Å²) in [5, 5.41) is 0.913. The Morgan fingerprint density at radius 3 is 2.39 bits per heavy atom. The predicted octanol–water partition coefficient (Wildman–Crippen LogP) is 4.58. The fraction of sp³-hybridized carbons (Fsp3) is 0.0769. The van der Waals surface area contributed by atoms with Crippen molar-refractivity contribution in [3.8, 4) is 0 Å². The van der Waals surface area contributed by atoms with Crippen LogP contribution in [0.3, 0.4) is 0 Å². The molecule has 2 aromatic rings. The average Bonchev–Trinajstić information content (AvgIpc) is 2.27. The number of aromatic nitrogens is 1. The van der Waals surface area contributed by atoms with Crippen LogP contribution in [0.2, 0.25) is 10.0 Å². The quantitative estimate of drug-likeness (QED) is 0.763. The third-order valence-electron chi connectivity index (χ3n) is 2.31. The lowest BCUT2D eigenvalue weighted by Crippen LogP contribution is -2.04. The Hall–Kier alpha value is -0.900. The van der Waals surface area contributed by atoms with Crippen LogP contribution in [0.1, 0.15) is 15.9 Å². The maximum atomic E-state index is 12.1. The lowest BCUT2D eigenvalue weighted by atomic mass is 10.0. The number of hydrogen-bond donors (Lipinski definition) is 0. The summed E-state index contributed by atoms with van der Waals surface area (Å²) in [6.07, 6.45) is 3.60. The van der Waals surface area contributed by atoms with Crippen molar-refractivity contribution in [2.45, 2.75) is 6.42 Å². The number of benzene rings is 1. The molecule has 2 nitrogen and oxygen atoms in total. The van der Waals surface area contributed by atoms with E-state index in [9.17, 15) is 4.79 Å². The van der Waals surface area contributed by atoms with Crippen molar-refractivity contribution in [2.75, 3.05) is 0 Å². The molecule has 18 heavy (non-hydrogen) atoms. The molecule has 0 aliphatic heterocycles. The Morgan fingerprint density at radius 2 is 1.78 bits per heavy atom. The molecule has 0 atom stereocenters. The second kappa shape index (κ2) is 5.83. The van der Waals surface area contributed by atoms with Crippen molar-refractivity contribution in [2.24, 2.45) is 0 Å². The van der Waals surface area contributed by atoms with Crippen LogP contribution in [0.15, 0.2) is 41.1 Å². The minimum absolute atomic E-state index is 0.0423. The van der Waals surface area contributed by atoms with Crippen LogP contribution in [0.25, 0.3) is 0 Å². The molecule has 0 aliphatic carbocycles. The molecule has 1 heterocycles. The van der Waals surface area contributed by atoms with Gasteiger partial charge in [0, 0.05) is 38.9 Å². The molecule has 0 amide bonds. The Morgan fingerprint density at radius 1 is 1.11 bits per heavy atom. The summed E-state index contributed by atoms with van der Waals surface area (Å²) in [7, 11) is 0. The molecule has 0 saturated heterocycles. The topological polar surface area (TPSA) is 30.0 Å². The zero-order chi connectivity index (χ0) is 13.1. The first-order valence-electron chi connectivity index (χ1n) is 5.13. The summed E-state index contributed by atoms with van der Waals surface area (Å²) in [5.41, 5.74) is 1.35. The van der Waals surface area contributed by atoms with Gasteiger partial charge in [0.05, 0.1) is 0 Å². The SMILES string of the molecule is O=C(Cc1cncc(Br)c1)c1cc(Cl)cc(Cl)c1. The number of hydrogen-bond acceptors (Lipinski definition) is 2. The summed E-state index contributed by atoms with van der Waals surface area (Å²) < 4.78 is 0.844. The molecule has 0 spiro atoms. The van der Waals surface area contributed by atoms with E-state index in [1.54, 1.807) is 30.6 Å². The first-order chi connectivity index (χ1) is 8.54. The van der Waals surface area contributed by atoms with Gasteiger partial charge in [-0.15, -0.1) is 0 Å². The van der Waals surface area contributed by atoms with Crippen LogP contribution < -0.4 is 0 Å². The summed E-state index contributed by atoms with van der Waals surface area (Å²) in [6, 6.07) is 6.68. The number of nitrogens with zero attached hydrogens (tertiary/aromatic N) is 1. The Balaban J connectivity index is 2.22. The molecule has 0 unspecified atom stereocenters. The first kappa shape index (κ1) is 13.5. The van der Waals surface area contributed by atoms with Gasteiger partial charge in [0.25, 0.3) is 0 Å². The highest BCUT2D eigenvalue weighted by Gasteiger charge is 2.09. The van der Waals surface area contributed by atoms with E-state index in [4.69, 9.17) is 23.2 Å². The van der Waals surface area contributed by atoms with E-state index in [1.165, 1.54) is 0 Å². The van der Waals surface area contributed by atoms with Gasteiger partial charge in [0.15, 0.2) is 5.78 Å². The second-order valence-corrected chi connectivity index (χ2v) is 5.56. The zero-order valence-electron chi connectivity index (χ0n) is 9.16. The number of Topliss-reactive ketones (excluding diaryl/α,β-unsaturated/α-hetero) is 1. The molecular weight excluding hydrogens is 337 g/mol. The average molecular weight is 345 g/mol. The van der Waals surface area contributed by atoms with Gasteiger partial charge in [-0.1, -0.05) is 23.2 Å². The number of halogens is 3. The van der Waals surface area contributed by atoms with Crippen LogP contribution >= 0.6 is 39.1 Å². The molecule has 1 aromatic carbocycles. The van der Waals surface area contributed by atoms with Gasteiger partial charge in [0.1, 0.15) is 0 Å². The third kappa shape index (κ3) is 3.55. The molecule has 0 radical (unpaired) electrons. The summed E-state index contributed by atoms with van der Waals surface area (Å²) in [5.74, 6) is -0.0423. The second-order valence-electron chi connectivity index (χ2n) is 3.77. The molecule has 0 N–H and O–H groups in total. The highest BCUT2D eigenvalue weighted by Crippen LogP contribution is 2.20. The van der Waals surface area contributed by atoms with Crippen LogP contribution in [0, 0.1) is 0 Å². The van der Waals surface area contributed by atoms with Crippen molar-refractivity contribution in [3.63, 3.8) is 0 Å². The van der Waals surface area contributed by atoms with E-state index in [-0.39, 0.29) is 12.2 Å². The van der Waals surface area contributed by atoms with Gasteiger partial charge in [-0.25, -0.2) is 0 Å². The van der Waals surface area contributed by atoms with Crippen molar-refractivity contribution in [1.82, 2.24) is 4.98 Å². The van der Waals surface area contributed by atoms with Gasteiger partial charge in [-0.2, -0.15) is 0 Å². The van der Waals surface area contributed by atoms with E-state index in [0.717, 1.165) is 10.0 Å². The van der Waals surface area contributed by atoms with Crippen LogP contribution in [-0.2, 0) is 6.42 Å². The smallest absolute Gasteiger partial charge is 0.167 e. The van der Waals surface area contributed by atoms with E-state index in [1.807, 2.05) is 6.07 Å². The molecule has 92 valence electrons. The van der Waals surface area contributed by atoms with Crippen molar-refractivity contribution in [3.05, 3.63) is 62.3 Å². The number of rotatable bonds is 3. The van der Waals surface area contributed by atoms with E-state index in [0.29, 0.717) is 15.6 Å². The summed E-state index contributed by atoms with van der Waals surface area (Å²) in [4.78, 5) is 16.1. The van der Waals surface area contributed by atoms with Gasteiger partial charge >= 0.3 is 0 Å². The van der Waals surface area contributed by atoms with Crippen LogP contribution in [0.5, 0.6) is 0 Å². The lowest BCUT2D eigenvalue weighted by Gasteiger charge is -2.03. The lowest BCUT2D eigenvalue weighted by molar-refractivity contribution is 0.0993. The van der Waals surface area contributed by atoms with Crippen molar-refractivity contribution in [1.29, 1.82) is 0 Å². The van der Waals surface area contributed by atoms with E-state index < -0.39 is 0 Å². The molecule has 0 bridgehead atoms. The molecule has 0 aliphatic rings. The van der Waals surface area contributed by atoms with Crippen LogP contribution in [-0.4, -0.2) is 10.8 Å². The third-order valence-corrected chi connectivity index (χ3v) is 3.18. The Labute approximate surface area is 123 Å². The Bertz CT molecular complexity index is 581. The maximum Gasteiger partial charge on any atom is 0.167 e. The number of carbonyl (C=O) groups is 1. The molecule has 5 heteroatoms. The number of ketones is 1. The van der Waals surface area contributed by atoms with E-state index in [2.05, 4.69) is 20.9 Å². The number of pyridine rings is 1. The zero-order valence-corrected chi connectivity index (χ0v) is 12.3. The van der Waals surface area contributed by atoms with Crippen molar-refractivity contribution < 1.29 is 4.79 Å². The van der Waals surface area contributed by atoms with Crippen molar-refractivity contribution >= 4 is 44.9 Å². The Kier molecular flexibility index (Phi) is 4.38. The van der Waals surface area contributed by atoms with E-state index >= 15 is 0 Å². The largest absolute Gasteiger partial charge is 0.294 e. The first-order valence-corrected chi connectivity index (χ1v) is 6.68. The fourth-order valence-electron chi connectivity index (χ4n) is 1.55. The monoisotopic (exact) mass is 343 g/mol. The fourth-order valence-corrected chi connectivity index (χ4v) is 2.49. The normalized spacial score (nSPS) is 10.4. The molecule has 0 saturated carbocycles. The summed E-state index contributed by atoms with van der Waals surface area (Å²) >= 11 is 15.0. The van der Waals surface area contributed by atoms with Gasteiger partial charge in [-0.3, -0.25) is 9.78 Å². The standard InChI is InChI=1S/C13H8BrCl2NO/c14-10-1-8(6-17-7-10)2-13(18)9-3-11(15)5-12(16)4-9/h1,3-7H,2H2. The number of carbonyl (C=O) groups excluding carboxylic acids is 1. The van der Waals surface area contributed by atoms with Gasteiger partial charge in [0.2, 0.25) is 0 Å². The molecular formula is C13H8BrCl2NO. The minimum Gasteiger partial charge on any atom is -0.294 e. The highest BCUT2D eigenvalue weighted by molar-refractivity contribution is 9.10. The van der Waals surface area contributed by atoms with Crippen LogP contribution in [0.4, 0.5) is 0 Å². The molecule has 1 aromatic heterocycles. The minimum atomic E-state index is -0.0423. The van der Waals surface area contributed by atoms with Gasteiger partial charge in [-0.05, 0) is 45.8 Å². The molecule has 2 rings (SSSR count). The predicted molar refractivity (Wildman–Crippen MR) is 76.4 cm³/mol. The highest BCUT2D eigenvalue weighted by atomic mass is 79.9.